The van der Waals surface area contributed by atoms with Crippen molar-refractivity contribution < 1.29 is 9.84 Å². The average Bonchev–Trinajstić information content (AvgIpc) is 2.97. The molecule has 3 aromatic rings. The van der Waals surface area contributed by atoms with Crippen LogP contribution in [-0.4, -0.2) is 22.2 Å². The Hall–Kier alpha value is -3.26. The Labute approximate surface area is 127 Å². The van der Waals surface area contributed by atoms with Gasteiger partial charge in [-0.1, -0.05) is 24.3 Å². The third-order valence-electron chi connectivity index (χ3n) is 3.31. The summed E-state index contributed by atoms with van der Waals surface area (Å²) in [5, 5.41) is 19.5. The van der Waals surface area contributed by atoms with E-state index in [0.717, 1.165) is 11.0 Å². The second-order valence-corrected chi connectivity index (χ2v) is 4.67. The maximum absolute atomic E-state index is 10.1. The van der Waals surface area contributed by atoms with Crippen LogP contribution in [0.1, 0.15) is 11.4 Å². The SMILES string of the molecule is COc1cccc(C=C(C#N)c2nc3ccccc3[nH]2)c1O. The van der Waals surface area contributed by atoms with Crippen molar-refractivity contribution in [2.24, 2.45) is 0 Å². The van der Waals surface area contributed by atoms with Gasteiger partial charge in [-0.3, -0.25) is 0 Å². The monoisotopic (exact) mass is 291 g/mol. The van der Waals surface area contributed by atoms with Crippen molar-refractivity contribution in [3.05, 3.63) is 53.9 Å². The molecule has 5 heteroatoms. The minimum atomic E-state index is -0.00568. The number of hydrogen-bond donors (Lipinski definition) is 2. The first kappa shape index (κ1) is 13.7. The highest BCUT2D eigenvalue weighted by atomic mass is 16.5. The second kappa shape index (κ2) is 5.62. The number of aromatic nitrogens is 2. The largest absolute Gasteiger partial charge is 0.504 e. The molecule has 0 aliphatic heterocycles. The number of H-pyrrole nitrogens is 1. The smallest absolute Gasteiger partial charge is 0.165 e. The third kappa shape index (κ3) is 2.38. The van der Waals surface area contributed by atoms with Gasteiger partial charge in [-0.05, 0) is 24.3 Å². The molecule has 2 N–H and O–H groups in total. The Morgan fingerprint density at radius 2 is 2.09 bits per heavy atom. The van der Waals surface area contributed by atoms with Crippen molar-refractivity contribution in [3.63, 3.8) is 0 Å². The number of para-hydroxylation sites is 3. The molecule has 5 nitrogen and oxygen atoms in total. The maximum atomic E-state index is 10.1. The number of aromatic amines is 1. The predicted molar refractivity (Wildman–Crippen MR) is 84.2 cm³/mol. The van der Waals surface area contributed by atoms with E-state index in [9.17, 15) is 10.4 Å². The first-order valence-corrected chi connectivity index (χ1v) is 6.66. The first-order valence-electron chi connectivity index (χ1n) is 6.66. The Balaban J connectivity index is 2.09. The van der Waals surface area contributed by atoms with Gasteiger partial charge < -0.3 is 14.8 Å². The number of phenols is 1. The molecule has 0 amide bonds. The number of phenolic OH excluding ortho intramolecular Hbond substituents is 1. The Morgan fingerprint density at radius 3 is 2.82 bits per heavy atom. The Bertz CT molecular complexity index is 871. The third-order valence-corrected chi connectivity index (χ3v) is 3.31. The van der Waals surface area contributed by atoms with E-state index in [2.05, 4.69) is 16.0 Å². The number of allylic oxidation sites excluding steroid dienone is 1. The van der Waals surface area contributed by atoms with Gasteiger partial charge in [0, 0.05) is 5.56 Å². The average molecular weight is 291 g/mol. The summed E-state index contributed by atoms with van der Waals surface area (Å²) in [5.74, 6) is 0.815. The molecule has 2 aromatic carbocycles. The molecule has 0 aliphatic carbocycles. The summed E-state index contributed by atoms with van der Waals surface area (Å²) in [4.78, 5) is 7.49. The lowest BCUT2D eigenvalue weighted by atomic mass is 10.1. The van der Waals surface area contributed by atoms with Gasteiger partial charge in [0.25, 0.3) is 0 Å². The fourth-order valence-electron chi connectivity index (χ4n) is 2.21. The zero-order valence-corrected chi connectivity index (χ0v) is 11.9. The summed E-state index contributed by atoms with van der Waals surface area (Å²) in [5.41, 5.74) is 2.47. The first-order chi connectivity index (χ1) is 10.7. The van der Waals surface area contributed by atoms with Crippen LogP contribution >= 0.6 is 0 Å². The number of rotatable bonds is 3. The molecule has 3 rings (SSSR count). The number of nitrogens with zero attached hydrogens (tertiary/aromatic N) is 2. The van der Waals surface area contributed by atoms with E-state index in [1.807, 2.05) is 24.3 Å². The number of hydrogen-bond acceptors (Lipinski definition) is 4. The van der Waals surface area contributed by atoms with Gasteiger partial charge in [0.2, 0.25) is 0 Å². The van der Waals surface area contributed by atoms with Crippen molar-refractivity contribution >= 4 is 22.7 Å². The van der Waals surface area contributed by atoms with Crippen LogP contribution in [0.5, 0.6) is 11.5 Å². The number of aromatic hydroxyl groups is 1. The van der Waals surface area contributed by atoms with Gasteiger partial charge in [0.15, 0.2) is 11.5 Å². The lowest BCUT2D eigenvalue weighted by molar-refractivity contribution is 0.373. The maximum Gasteiger partial charge on any atom is 0.165 e. The topological polar surface area (TPSA) is 81.9 Å². The summed E-state index contributed by atoms with van der Waals surface area (Å²) in [7, 11) is 1.48. The number of fused-ring (bicyclic) bond motifs is 1. The molecular formula is C17H13N3O2. The molecule has 0 saturated heterocycles. The van der Waals surface area contributed by atoms with Gasteiger partial charge in [-0.25, -0.2) is 4.98 Å². The normalized spacial score (nSPS) is 11.4. The van der Waals surface area contributed by atoms with Gasteiger partial charge >= 0.3 is 0 Å². The molecule has 108 valence electrons. The zero-order chi connectivity index (χ0) is 15.5. The lowest BCUT2D eigenvalue weighted by Gasteiger charge is -2.05. The van der Waals surface area contributed by atoms with Crippen molar-refractivity contribution in [3.8, 4) is 17.6 Å². The standard InChI is InChI=1S/C17H13N3O2/c1-22-15-8-4-5-11(16(15)21)9-12(10-18)17-19-13-6-2-3-7-14(13)20-17/h2-9,21H,1H3,(H,19,20). The highest BCUT2D eigenvalue weighted by molar-refractivity contribution is 5.91. The summed E-state index contributed by atoms with van der Waals surface area (Å²) >= 11 is 0. The van der Waals surface area contributed by atoms with Crippen molar-refractivity contribution in [2.75, 3.05) is 7.11 Å². The fourth-order valence-corrected chi connectivity index (χ4v) is 2.21. The number of nitriles is 1. The molecule has 0 saturated carbocycles. The van der Waals surface area contributed by atoms with E-state index in [1.165, 1.54) is 7.11 Å². The molecule has 0 spiro atoms. The highest BCUT2D eigenvalue weighted by Crippen LogP contribution is 2.32. The van der Waals surface area contributed by atoms with E-state index < -0.39 is 0 Å². The van der Waals surface area contributed by atoms with E-state index in [-0.39, 0.29) is 5.75 Å². The van der Waals surface area contributed by atoms with Crippen LogP contribution in [0.4, 0.5) is 0 Å². The summed E-state index contributed by atoms with van der Waals surface area (Å²) < 4.78 is 5.07. The van der Waals surface area contributed by atoms with Crippen LogP contribution in [-0.2, 0) is 0 Å². The van der Waals surface area contributed by atoms with Gasteiger partial charge in [0.1, 0.15) is 11.9 Å². The van der Waals surface area contributed by atoms with Crippen LogP contribution in [0.2, 0.25) is 0 Å². The molecule has 0 unspecified atom stereocenters. The predicted octanol–water partition coefficient (Wildman–Crippen LogP) is 3.34. The van der Waals surface area contributed by atoms with Crippen LogP contribution < -0.4 is 4.74 Å². The van der Waals surface area contributed by atoms with Gasteiger partial charge in [-0.2, -0.15) is 5.26 Å². The highest BCUT2D eigenvalue weighted by Gasteiger charge is 2.10. The number of ether oxygens (including phenoxy) is 1. The zero-order valence-electron chi connectivity index (χ0n) is 11.9. The van der Waals surface area contributed by atoms with Crippen molar-refractivity contribution in [2.45, 2.75) is 0 Å². The van der Waals surface area contributed by atoms with Crippen molar-refractivity contribution in [1.29, 1.82) is 5.26 Å². The number of imidazole rings is 1. The molecule has 0 aliphatic rings. The van der Waals surface area contributed by atoms with E-state index >= 15 is 0 Å². The number of benzene rings is 2. The van der Waals surface area contributed by atoms with Crippen LogP contribution in [0.15, 0.2) is 42.5 Å². The molecular weight excluding hydrogens is 278 g/mol. The molecule has 22 heavy (non-hydrogen) atoms. The molecule has 0 bridgehead atoms. The van der Waals surface area contributed by atoms with Gasteiger partial charge in [-0.15, -0.1) is 0 Å². The van der Waals surface area contributed by atoms with Crippen LogP contribution in [0.25, 0.3) is 22.7 Å². The molecule has 1 aromatic heterocycles. The van der Waals surface area contributed by atoms with Crippen LogP contribution in [0.3, 0.4) is 0 Å². The number of nitrogens with one attached hydrogen (secondary N) is 1. The van der Waals surface area contributed by atoms with E-state index in [1.54, 1.807) is 24.3 Å². The fraction of sp³-hybridized carbons (Fsp3) is 0.0588. The summed E-state index contributed by atoms with van der Waals surface area (Å²) in [6.45, 7) is 0. The summed E-state index contributed by atoms with van der Waals surface area (Å²) in [6.07, 6.45) is 1.58. The second-order valence-electron chi connectivity index (χ2n) is 4.67. The molecule has 0 atom stereocenters. The van der Waals surface area contributed by atoms with E-state index in [0.29, 0.717) is 22.7 Å². The minimum absolute atomic E-state index is 0.00568. The molecule has 0 radical (unpaired) electrons. The molecule has 0 fully saturated rings. The Kier molecular flexibility index (Phi) is 3.50. The van der Waals surface area contributed by atoms with Gasteiger partial charge in [0.05, 0.1) is 23.7 Å². The number of methoxy groups -OCH3 is 1. The Morgan fingerprint density at radius 1 is 1.27 bits per heavy atom. The van der Waals surface area contributed by atoms with Crippen molar-refractivity contribution in [1.82, 2.24) is 9.97 Å². The molecule has 1 heterocycles. The lowest BCUT2D eigenvalue weighted by Crippen LogP contribution is -1.88. The van der Waals surface area contributed by atoms with E-state index in [4.69, 9.17) is 4.74 Å². The van der Waals surface area contributed by atoms with Crippen LogP contribution in [0, 0.1) is 11.3 Å². The summed E-state index contributed by atoms with van der Waals surface area (Å²) in [6, 6.07) is 14.8. The minimum Gasteiger partial charge on any atom is -0.504 e. The quantitative estimate of drug-likeness (QED) is 0.725.